The first kappa shape index (κ1) is 25.2. The van der Waals surface area contributed by atoms with Gasteiger partial charge in [0.05, 0.1) is 17.9 Å². The van der Waals surface area contributed by atoms with E-state index in [4.69, 9.17) is 9.72 Å². The monoisotopic (exact) mass is 484 g/mol. The Kier molecular flexibility index (Phi) is 7.74. The molecule has 35 heavy (non-hydrogen) atoms. The molecule has 0 spiro atoms. The Morgan fingerprint density at radius 1 is 1.09 bits per heavy atom. The summed E-state index contributed by atoms with van der Waals surface area (Å²) in [4.78, 5) is 28.0. The van der Waals surface area contributed by atoms with Gasteiger partial charge in [-0.1, -0.05) is 19.9 Å². The summed E-state index contributed by atoms with van der Waals surface area (Å²) >= 11 is 0. The Bertz CT molecular complexity index is 1030. The Morgan fingerprint density at radius 3 is 2.40 bits per heavy atom. The fraction of sp³-hybridized carbons (Fsp3) is 0.577. The second kappa shape index (κ2) is 10.8. The fourth-order valence-corrected chi connectivity index (χ4v) is 4.71. The summed E-state index contributed by atoms with van der Waals surface area (Å²) in [7, 11) is 0. The molecule has 3 heterocycles. The molecule has 2 atom stereocenters. The van der Waals surface area contributed by atoms with E-state index in [0.717, 1.165) is 22.9 Å². The van der Waals surface area contributed by atoms with Crippen LogP contribution in [0.5, 0.6) is 0 Å². The maximum atomic E-state index is 14.9. The van der Waals surface area contributed by atoms with Crippen molar-refractivity contribution in [2.45, 2.75) is 59.3 Å². The molecule has 190 valence electrons. The minimum absolute atomic E-state index is 0.0631. The highest BCUT2D eigenvalue weighted by molar-refractivity contribution is 5.74. The Balaban J connectivity index is 1.29. The molecule has 1 aromatic heterocycles. The number of anilines is 2. The van der Waals surface area contributed by atoms with Crippen molar-refractivity contribution < 1.29 is 13.9 Å². The first-order chi connectivity index (χ1) is 16.7. The van der Waals surface area contributed by atoms with Gasteiger partial charge in [-0.2, -0.15) is 0 Å². The molecule has 0 saturated carbocycles. The van der Waals surface area contributed by atoms with Crippen LogP contribution in [-0.4, -0.2) is 72.4 Å². The smallest absolute Gasteiger partial charge is 0.317 e. The predicted molar refractivity (Wildman–Crippen MR) is 136 cm³/mol. The van der Waals surface area contributed by atoms with E-state index in [2.05, 4.69) is 29.0 Å². The molecule has 2 aromatic rings. The molecule has 1 aromatic carbocycles. The van der Waals surface area contributed by atoms with Gasteiger partial charge < -0.3 is 24.8 Å². The lowest BCUT2D eigenvalue weighted by Crippen LogP contribution is -2.52. The number of urea groups is 1. The average molecular weight is 485 g/mol. The van der Waals surface area contributed by atoms with Crippen molar-refractivity contribution in [3.05, 3.63) is 47.2 Å². The van der Waals surface area contributed by atoms with Crippen LogP contribution in [0.25, 0.3) is 0 Å². The number of hydrogen-bond donors (Lipinski definition) is 1. The number of halogens is 1. The van der Waals surface area contributed by atoms with Crippen LogP contribution in [0.1, 0.15) is 50.7 Å². The van der Waals surface area contributed by atoms with E-state index < -0.39 is 0 Å². The standard InChI is InChI=1S/C26H37FN6O2/c1-17(2)25-29-18(3)12-24(30-25)31-8-10-32(11-9-31)26(34)28-14-21-6-7-23(22(27)13-21)33-15-19(4)35-20(5)16-33/h6-7,12-13,17,19-20H,8-11,14-16H2,1-5H3,(H,28,34). The van der Waals surface area contributed by atoms with Crippen LogP contribution in [0, 0.1) is 12.7 Å². The number of amides is 2. The van der Waals surface area contributed by atoms with E-state index in [1.165, 1.54) is 6.07 Å². The van der Waals surface area contributed by atoms with Crippen molar-refractivity contribution in [2.75, 3.05) is 49.1 Å². The summed E-state index contributed by atoms with van der Waals surface area (Å²) in [6, 6.07) is 7.06. The summed E-state index contributed by atoms with van der Waals surface area (Å²) in [6.07, 6.45) is 0.126. The first-order valence-electron chi connectivity index (χ1n) is 12.5. The SMILES string of the molecule is Cc1cc(N2CCN(C(=O)NCc3ccc(N4CC(C)OC(C)C4)c(F)c3)CC2)nc(C(C)C)n1. The molecule has 2 amide bonds. The number of piperazine rings is 1. The Labute approximate surface area is 207 Å². The Morgan fingerprint density at radius 2 is 1.77 bits per heavy atom. The van der Waals surface area contributed by atoms with E-state index in [9.17, 15) is 9.18 Å². The lowest BCUT2D eigenvalue weighted by atomic mass is 10.1. The second-order valence-corrected chi connectivity index (χ2v) is 9.96. The predicted octanol–water partition coefficient (Wildman–Crippen LogP) is 3.69. The summed E-state index contributed by atoms with van der Waals surface area (Å²) in [6.45, 7) is 14.4. The van der Waals surface area contributed by atoms with Gasteiger partial charge >= 0.3 is 6.03 Å². The maximum Gasteiger partial charge on any atom is 0.317 e. The van der Waals surface area contributed by atoms with Gasteiger partial charge in [-0.25, -0.2) is 19.2 Å². The van der Waals surface area contributed by atoms with Crippen LogP contribution in [0.15, 0.2) is 24.3 Å². The normalized spacial score (nSPS) is 20.9. The summed E-state index contributed by atoms with van der Waals surface area (Å²) < 4.78 is 20.6. The number of aromatic nitrogens is 2. The number of ether oxygens (including phenoxy) is 1. The highest BCUT2D eigenvalue weighted by atomic mass is 19.1. The topological polar surface area (TPSA) is 73.8 Å². The summed E-state index contributed by atoms with van der Waals surface area (Å²) in [5.41, 5.74) is 2.28. The van der Waals surface area contributed by atoms with Crippen molar-refractivity contribution in [3.8, 4) is 0 Å². The van der Waals surface area contributed by atoms with Gasteiger partial charge in [0, 0.05) is 63.5 Å². The van der Waals surface area contributed by atoms with E-state index in [0.29, 0.717) is 45.0 Å². The number of rotatable bonds is 5. The van der Waals surface area contributed by atoms with Crippen LogP contribution in [0.3, 0.4) is 0 Å². The Hall–Kier alpha value is -2.94. The summed E-state index contributed by atoms with van der Waals surface area (Å²) in [5, 5.41) is 2.94. The zero-order valence-electron chi connectivity index (χ0n) is 21.4. The molecule has 2 saturated heterocycles. The largest absolute Gasteiger partial charge is 0.372 e. The number of hydrogen-bond acceptors (Lipinski definition) is 6. The quantitative estimate of drug-likeness (QED) is 0.698. The van der Waals surface area contributed by atoms with Crippen molar-refractivity contribution in [1.29, 1.82) is 0 Å². The van der Waals surface area contributed by atoms with Gasteiger partial charge in [0.15, 0.2) is 0 Å². The van der Waals surface area contributed by atoms with Crippen LogP contribution in [0.4, 0.5) is 20.7 Å². The molecular weight excluding hydrogens is 447 g/mol. The van der Waals surface area contributed by atoms with Crippen molar-refractivity contribution in [3.63, 3.8) is 0 Å². The molecule has 0 aliphatic carbocycles. The molecule has 9 heteroatoms. The van der Waals surface area contributed by atoms with Gasteiger partial charge in [0.1, 0.15) is 17.5 Å². The molecule has 2 fully saturated rings. The minimum Gasteiger partial charge on any atom is -0.372 e. The lowest BCUT2D eigenvalue weighted by molar-refractivity contribution is -0.00539. The molecule has 0 bridgehead atoms. The fourth-order valence-electron chi connectivity index (χ4n) is 4.71. The van der Waals surface area contributed by atoms with Gasteiger partial charge in [-0.3, -0.25) is 0 Å². The molecule has 2 aliphatic heterocycles. The maximum absolute atomic E-state index is 14.9. The second-order valence-electron chi connectivity index (χ2n) is 9.96. The number of morpholine rings is 1. The number of aryl methyl sites for hydroxylation is 1. The van der Waals surface area contributed by atoms with Crippen LogP contribution >= 0.6 is 0 Å². The number of nitrogens with one attached hydrogen (secondary N) is 1. The lowest BCUT2D eigenvalue weighted by Gasteiger charge is -2.37. The molecule has 0 radical (unpaired) electrons. The van der Waals surface area contributed by atoms with E-state index >= 15 is 0 Å². The molecule has 1 N–H and O–H groups in total. The molecule has 8 nitrogen and oxygen atoms in total. The van der Waals surface area contributed by atoms with Gasteiger partial charge in [0.2, 0.25) is 0 Å². The molecule has 2 aliphatic rings. The molecule has 2 unspecified atom stereocenters. The van der Waals surface area contributed by atoms with Gasteiger partial charge in [-0.05, 0) is 38.5 Å². The van der Waals surface area contributed by atoms with Gasteiger partial charge in [0.25, 0.3) is 0 Å². The van der Waals surface area contributed by atoms with E-state index in [-0.39, 0.29) is 36.5 Å². The third-order valence-corrected chi connectivity index (χ3v) is 6.48. The third kappa shape index (κ3) is 6.20. The number of nitrogens with zero attached hydrogens (tertiary/aromatic N) is 5. The highest BCUT2D eigenvalue weighted by Crippen LogP contribution is 2.25. The number of benzene rings is 1. The average Bonchev–Trinajstić information content (AvgIpc) is 2.81. The van der Waals surface area contributed by atoms with Crippen LogP contribution < -0.4 is 15.1 Å². The van der Waals surface area contributed by atoms with Gasteiger partial charge in [-0.15, -0.1) is 0 Å². The summed E-state index contributed by atoms with van der Waals surface area (Å²) in [5.74, 6) is 1.75. The van der Waals surface area contributed by atoms with Crippen molar-refractivity contribution in [2.24, 2.45) is 0 Å². The van der Waals surface area contributed by atoms with E-state index in [1.54, 1.807) is 11.0 Å². The van der Waals surface area contributed by atoms with E-state index in [1.807, 2.05) is 37.8 Å². The minimum atomic E-state index is -0.271. The van der Waals surface area contributed by atoms with Crippen molar-refractivity contribution in [1.82, 2.24) is 20.2 Å². The van der Waals surface area contributed by atoms with Crippen molar-refractivity contribution >= 4 is 17.5 Å². The van der Waals surface area contributed by atoms with Crippen LogP contribution in [-0.2, 0) is 11.3 Å². The zero-order chi connectivity index (χ0) is 25.1. The zero-order valence-corrected chi connectivity index (χ0v) is 21.4. The van der Waals surface area contributed by atoms with Crippen LogP contribution in [0.2, 0.25) is 0 Å². The first-order valence-corrected chi connectivity index (χ1v) is 12.5. The number of carbonyl (C=O) groups is 1. The third-order valence-electron chi connectivity index (χ3n) is 6.48. The number of carbonyl (C=O) groups excluding carboxylic acids is 1. The highest BCUT2D eigenvalue weighted by Gasteiger charge is 2.25. The molecule has 4 rings (SSSR count). The molecular formula is C26H37FN6O2.